The molecule has 0 bridgehead atoms. The third kappa shape index (κ3) is 4.75. The van der Waals surface area contributed by atoms with Crippen LogP contribution in [0.2, 0.25) is 0 Å². The number of nitrogens with zero attached hydrogens (tertiary/aromatic N) is 1. The number of hydrogen-bond acceptors (Lipinski definition) is 4. The number of carbonyl (C=O) groups is 1. The second-order valence-corrected chi connectivity index (χ2v) is 5.61. The van der Waals surface area contributed by atoms with Gasteiger partial charge in [-0.1, -0.05) is 12.1 Å². The maximum Gasteiger partial charge on any atom is 0.246 e. The third-order valence-electron chi connectivity index (χ3n) is 3.84. The van der Waals surface area contributed by atoms with Crippen LogP contribution in [-0.2, 0) is 11.3 Å². The first-order valence-electron chi connectivity index (χ1n) is 7.96. The van der Waals surface area contributed by atoms with Crippen molar-refractivity contribution in [3.63, 3.8) is 0 Å². The van der Waals surface area contributed by atoms with Crippen LogP contribution in [0.1, 0.15) is 11.1 Å². The molecule has 0 aliphatic rings. The number of ether oxygens (including phenoxy) is 3. The molecule has 26 heavy (non-hydrogen) atoms. The average molecular weight is 359 g/mol. The first-order chi connectivity index (χ1) is 12.5. The largest absolute Gasteiger partial charge is 0.494 e. The van der Waals surface area contributed by atoms with Gasteiger partial charge in [0.05, 0.1) is 21.3 Å². The lowest BCUT2D eigenvalue weighted by Gasteiger charge is -2.15. The Bertz CT molecular complexity index is 804. The first kappa shape index (κ1) is 19.3. The molecule has 0 spiro atoms. The van der Waals surface area contributed by atoms with Crippen molar-refractivity contribution in [1.82, 2.24) is 4.90 Å². The number of likely N-dealkylation sites (N-methyl/N-ethyl adjacent to an activating group) is 1. The Labute approximate surface area is 152 Å². The normalized spacial score (nSPS) is 10.7. The highest BCUT2D eigenvalue weighted by molar-refractivity contribution is 5.91. The molecule has 0 saturated heterocycles. The molecule has 0 atom stereocenters. The summed E-state index contributed by atoms with van der Waals surface area (Å²) < 4.78 is 29.1. The van der Waals surface area contributed by atoms with Crippen molar-refractivity contribution in [2.45, 2.75) is 6.54 Å². The summed E-state index contributed by atoms with van der Waals surface area (Å²) in [5.41, 5.74) is 1.48. The van der Waals surface area contributed by atoms with Crippen molar-refractivity contribution < 1.29 is 23.4 Å². The van der Waals surface area contributed by atoms with Crippen LogP contribution in [0.4, 0.5) is 4.39 Å². The molecule has 2 rings (SSSR count). The molecule has 0 aromatic heterocycles. The number of hydrogen-bond donors (Lipinski definition) is 0. The van der Waals surface area contributed by atoms with Gasteiger partial charge >= 0.3 is 0 Å². The Balaban J connectivity index is 2.04. The lowest BCUT2D eigenvalue weighted by atomic mass is 10.1. The monoisotopic (exact) mass is 359 g/mol. The van der Waals surface area contributed by atoms with Crippen LogP contribution in [-0.4, -0.2) is 39.2 Å². The average Bonchev–Trinajstić information content (AvgIpc) is 2.65. The summed E-state index contributed by atoms with van der Waals surface area (Å²) in [4.78, 5) is 13.8. The summed E-state index contributed by atoms with van der Waals surface area (Å²) in [6.07, 6.45) is 3.15. The van der Waals surface area contributed by atoms with Gasteiger partial charge in [0.1, 0.15) is 0 Å². The SMILES string of the molecule is COc1ccc(CN(C)C(=O)/C=C/c2ccc(OC)c(OC)c2)cc1F. The summed E-state index contributed by atoms with van der Waals surface area (Å²) in [6, 6.07) is 10.0. The molecule has 6 heteroatoms. The van der Waals surface area contributed by atoms with Crippen molar-refractivity contribution in [3.05, 3.63) is 59.4 Å². The minimum Gasteiger partial charge on any atom is -0.494 e. The van der Waals surface area contributed by atoms with Crippen LogP contribution in [0, 0.1) is 5.82 Å². The van der Waals surface area contributed by atoms with Crippen LogP contribution < -0.4 is 14.2 Å². The van der Waals surface area contributed by atoms with Gasteiger partial charge in [0.25, 0.3) is 0 Å². The van der Waals surface area contributed by atoms with E-state index >= 15 is 0 Å². The molecule has 2 aromatic carbocycles. The molecule has 2 aromatic rings. The lowest BCUT2D eigenvalue weighted by Crippen LogP contribution is -2.24. The van der Waals surface area contributed by atoms with Gasteiger partial charge in [-0.05, 0) is 41.5 Å². The van der Waals surface area contributed by atoms with E-state index in [9.17, 15) is 9.18 Å². The number of rotatable bonds is 7. The molecule has 0 aliphatic carbocycles. The molecule has 138 valence electrons. The Morgan fingerprint density at radius 1 is 1.00 bits per heavy atom. The second-order valence-electron chi connectivity index (χ2n) is 5.61. The maximum absolute atomic E-state index is 13.7. The van der Waals surface area contributed by atoms with Gasteiger partial charge in [-0.2, -0.15) is 0 Å². The smallest absolute Gasteiger partial charge is 0.246 e. The molecule has 0 N–H and O–H groups in total. The number of methoxy groups -OCH3 is 3. The lowest BCUT2D eigenvalue weighted by molar-refractivity contribution is -0.125. The Hall–Kier alpha value is -3.02. The summed E-state index contributed by atoms with van der Waals surface area (Å²) >= 11 is 0. The molecular weight excluding hydrogens is 337 g/mol. The molecule has 1 amide bonds. The van der Waals surface area contributed by atoms with Crippen molar-refractivity contribution >= 4 is 12.0 Å². The van der Waals surface area contributed by atoms with Crippen molar-refractivity contribution in [2.75, 3.05) is 28.4 Å². The fraction of sp³-hybridized carbons (Fsp3) is 0.250. The van der Waals surface area contributed by atoms with E-state index in [1.165, 1.54) is 24.2 Å². The number of amides is 1. The van der Waals surface area contributed by atoms with Gasteiger partial charge < -0.3 is 19.1 Å². The number of benzene rings is 2. The third-order valence-corrected chi connectivity index (χ3v) is 3.84. The molecule has 0 unspecified atom stereocenters. The van der Waals surface area contributed by atoms with E-state index in [0.717, 1.165) is 5.56 Å². The van der Waals surface area contributed by atoms with Crippen LogP contribution >= 0.6 is 0 Å². The standard InChI is InChI=1S/C20H22FNO4/c1-22(13-15-6-8-17(24-2)16(21)11-15)20(23)10-7-14-5-9-18(25-3)19(12-14)26-4/h5-12H,13H2,1-4H3/b10-7+. The van der Waals surface area contributed by atoms with E-state index in [1.807, 2.05) is 6.07 Å². The van der Waals surface area contributed by atoms with E-state index in [4.69, 9.17) is 14.2 Å². The molecular formula is C20H22FNO4. The van der Waals surface area contributed by atoms with Gasteiger partial charge in [0, 0.05) is 19.7 Å². The minimum absolute atomic E-state index is 0.177. The topological polar surface area (TPSA) is 48.0 Å². The van der Waals surface area contributed by atoms with Crippen molar-refractivity contribution in [2.24, 2.45) is 0 Å². The first-order valence-corrected chi connectivity index (χ1v) is 7.96. The van der Waals surface area contributed by atoms with E-state index in [2.05, 4.69) is 0 Å². The van der Waals surface area contributed by atoms with Gasteiger partial charge in [0.2, 0.25) is 5.91 Å². The predicted molar refractivity (Wildman–Crippen MR) is 98.0 cm³/mol. The molecule has 0 radical (unpaired) electrons. The molecule has 0 heterocycles. The highest BCUT2D eigenvalue weighted by Crippen LogP contribution is 2.28. The van der Waals surface area contributed by atoms with Crippen LogP contribution in [0.25, 0.3) is 6.08 Å². The fourth-order valence-corrected chi connectivity index (χ4v) is 2.41. The van der Waals surface area contributed by atoms with Gasteiger partial charge in [-0.15, -0.1) is 0 Å². The van der Waals surface area contributed by atoms with E-state index in [1.54, 1.807) is 51.6 Å². The highest BCUT2D eigenvalue weighted by atomic mass is 19.1. The van der Waals surface area contributed by atoms with Gasteiger partial charge in [0.15, 0.2) is 23.1 Å². The minimum atomic E-state index is -0.452. The quantitative estimate of drug-likeness (QED) is 0.710. The molecule has 0 saturated carbocycles. The number of halogens is 1. The zero-order valence-corrected chi connectivity index (χ0v) is 15.3. The zero-order chi connectivity index (χ0) is 19.1. The Morgan fingerprint density at radius 2 is 1.65 bits per heavy atom. The highest BCUT2D eigenvalue weighted by Gasteiger charge is 2.09. The van der Waals surface area contributed by atoms with Crippen LogP contribution in [0.5, 0.6) is 17.2 Å². The summed E-state index contributed by atoms with van der Waals surface area (Å²) in [5.74, 6) is 0.734. The van der Waals surface area contributed by atoms with Crippen molar-refractivity contribution in [3.8, 4) is 17.2 Å². The van der Waals surface area contributed by atoms with Gasteiger partial charge in [-0.25, -0.2) is 4.39 Å². The molecule has 0 fully saturated rings. The Morgan fingerprint density at radius 3 is 2.27 bits per heavy atom. The Kier molecular flexibility index (Phi) is 6.60. The fourth-order valence-electron chi connectivity index (χ4n) is 2.41. The summed E-state index contributed by atoms with van der Waals surface area (Å²) in [6.45, 7) is 0.288. The second kappa shape index (κ2) is 8.89. The van der Waals surface area contributed by atoms with E-state index < -0.39 is 5.82 Å². The van der Waals surface area contributed by atoms with E-state index in [-0.39, 0.29) is 18.2 Å². The van der Waals surface area contributed by atoms with Crippen LogP contribution in [0.15, 0.2) is 42.5 Å². The van der Waals surface area contributed by atoms with Gasteiger partial charge in [-0.3, -0.25) is 4.79 Å². The molecule has 5 nitrogen and oxygen atoms in total. The maximum atomic E-state index is 13.7. The number of carbonyl (C=O) groups excluding carboxylic acids is 1. The van der Waals surface area contributed by atoms with Crippen molar-refractivity contribution in [1.29, 1.82) is 0 Å². The summed E-state index contributed by atoms with van der Waals surface area (Å²) in [7, 11) is 6.18. The van der Waals surface area contributed by atoms with Crippen LogP contribution in [0.3, 0.4) is 0 Å². The zero-order valence-electron chi connectivity index (χ0n) is 15.3. The molecule has 0 aliphatic heterocycles. The summed E-state index contributed by atoms with van der Waals surface area (Å²) in [5, 5.41) is 0. The van der Waals surface area contributed by atoms with E-state index in [0.29, 0.717) is 17.1 Å². The predicted octanol–water partition coefficient (Wildman–Crippen LogP) is 3.52.